The molecule has 0 aromatic rings. The Hall–Kier alpha value is -0.0800. The number of hydrogen-bond acceptors (Lipinski definition) is 2. The molecule has 2 nitrogen and oxygen atoms in total. The van der Waals surface area contributed by atoms with E-state index >= 15 is 0 Å². The van der Waals surface area contributed by atoms with Crippen LogP contribution in [0.3, 0.4) is 0 Å². The van der Waals surface area contributed by atoms with Crippen molar-refractivity contribution < 1.29 is 9.47 Å². The SMILES string of the molecule is CCCCC(COC)C(CC)OC. The lowest BCUT2D eigenvalue weighted by molar-refractivity contribution is 0.00803. The third-order valence-corrected chi connectivity index (χ3v) is 2.54. The molecule has 0 fully saturated rings. The summed E-state index contributed by atoms with van der Waals surface area (Å²) in [6, 6.07) is 0. The summed E-state index contributed by atoms with van der Waals surface area (Å²) in [7, 11) is 3.56. The van der Waals surface area contributed by atoms with Gasteiger partial charge in [-0.25, -0.2) is 0 Å². The molecule has 0 aliphatic rings. The number of ether oxygens (including phenoxy) is 2. The number of unbranched alkanes of at least 4 members (excludes halogenated alkanes) is 1. The first-order valence-electron chi connectivity index (χ1n) is 5.31. The van der Waals surface area contributed by atoms with Gasteiger partial charge in [-0.3, -0.25) is 0 Å². The summed E-state index contributed by atoms with van der Waals surface area (Å²) < 4.78 is 10.6. The van der Waals surface area contributed by atoms with Crippen molar-refractivity contribution in [3.8, 4) is 0 Å². The van der Waals surface area contributed by atoms with Gasteiger partial charge in [-0.2, -0.15) is 0 Å². The van der Waals surface area contributed by atoms with Crippen LogP contribution in [0, 0.1) is 5.92 Å². The third kappa shape index (κ3) is 5.27. The zero-order chi connectivity index (χ0) is 10.1. The van der Waals surface area contributed by atoms with Crippen LogP contribution in [0.4, 0.5) is 0 Å². The zero-order valence-corrected chi connectivity index (χ0v) is 9.51. The maximum atomic E-state index is 5.43. The molecule has 2 heteroatoms. The molecule has 0 N–H and O–H groups in total. The van der Waals surface area contributed by atoms with Gasteiger partial charge in [-0.15, -0.1) is 0 Å². The maximum Gasteiger partial charge on any atom is 0.0618 e. The second-order valence-corrected chi connectivity index (χ2v) is 3.54. The molecular formula is C11H24O2. The first-order chi connectivity index (χ1) is 6.29. The molecule has 0 aromatic carbocycles. The van der Waals surface area contributed by atoms with Gasteiger partial charge in [0, 0.05) is 20.1 Å². The van der Waals surface area contributed by atoms with Crippen LogP contribution in [0.1, 0.15) is 39.5 Å². The fourth-order valence-corrected chi connectivity index (χ4v) is 1.75. The Morgan fingerprint density at radius 3 is 2.23 bits per heavy atom. The lowest BCUT2D eigenvalue weighted by Gasteiger charge is -2.24. The van der Waals surface area contributed by atoms with Gasteiger partial charge in [0.25, 0.3) is 0 Å². The molecule has 0 rings (SSSR count). The Balaban J connectivity index is 3.88. The molecular weight excluding hydrogens is 164 g/mol. The molecule has 0 heterocycles. The molecule has 0 spiro atoms. The van der Waals surface area contributed by atoms with Gasteiger partial charge in [0.2, 0.25) is 0 Å². The highest BCUT2D eigenvalue weighted by molar-refractivity contribution is 4.68. The van der Waals surface area contributed by atoms with Crippen LogP contribution in [-0.4, -0.2) is 26.9 Å². The highest BCUT2D eigenvalue weighted by Gasteiger charge is 2.18. The maximum absolute atomic E-state index is 5.43. The van der Waals surface area contributed by atoms with Crippen molar-refractivity contribution in [2.24, 2.45) is 5.92 Å². The second kappa shape index (κ2) is 8.52. The van der Waals surface area contributed by atoms with Crippen LogP contribution < -0.4 is 0 Å². The van der Waals surface area contributed by atoms with E-state index in [1.807, 2.05) is 0 Å². The van der Waals surface area contributed by atoms with Crippen molar-refractivity contribution in [2.75, 3.05) is 20.8 Å². The summed E-state index contributed by atoms with van der Waals surface area (Å²) in [5.74, 6) is 0.569. The zero-order valence-electron chi connectivity index (χ0n) is 9.51. The average Bonchev–Trinajstić information content (AvgIpc) is 2.16. The first kappa shape index (κ1) is 12.9. The fraction of sp³-hybridized carbons (Fsp3) is 1.00. The van der Waals surface area contributed by atoms with Crippen molar-refractivity contribution in [1.29, 1.82) is 0 Å². The summed E-state index contributed by atoms with van der Waals surface area (Å²) in [6.07, 6.45) is 5.19. The van der Waals surface area contributed by atoms with E-state index in [-0.39, 0.29) is 0 Å². The van der Waals surface area contributed by atoms with Gasteiger partial charge >= 0.3 is 0 Å². The Morgan fingerprint density at radius 1 is 1.15 bits per heavy atom. The highest BCUT2D eigenvalue weighted by Crippen LogP contribution is 2.18. The fourth-order valence-electron chi connectivity index (χ4n) is 1.75. The molecule has 0 aromatic heterocycles. The van der Waals surface area contributed by atoms with Gasteiger partial charge in [-0.05, 0) is 12.8 Å². The van der Waals surface area contributed by atoms with E-state index in [2.05, 4.69) is 13.8 Å². The number of methoxy groups -OCH3 is 2. The summed E-state index contributed by atoms with van der Waals surface area (Å²) in [4.78, 5) is 0. The Morgan fingerprint density at radius 2 is 1.85 bits per heavy atom. The van der Waals surface area contributed by atoms with Crippen molar-refractivity contribution in [3.63, 3.8) is 0 Å². The van der Waals surface area contributed by atoms with Gasteiger partial charge in [0.05, 0.1) is 12.7 Å². The van der Waals surface area contributed by atoms with Gasteiger partial charge < -0.3 is 9.47 Å². The number of hydrogen-bond donors (Lipinski definition) is 0. The van der Waals surface area contributed by atoms with Crippen molar-refractivity contribution in [3.05, 3.63) is 0 Å². The van der Waals surface area contributed by atoms with E-state index in [0.717, 1.165) is 13.0 Å². The molecule has 0 radical (unpaired) electrons. The van der Waals surface area contributed by atoms with Crippen LogP contribution in [0.25, 0.3) is 0 Å². The minimum absolute atomic E-state index is 0.367. The molecule has 2 unspecified atom stereocenters. The van der Waals surface area contributed by atoms with Crippen LogP contribution in [-0.2, 0) is 9.47 Å². The monoisotopic (exact) mass is 188 g/mol. The summed E-state index contributed by atoms with van der Waals surface area (Å²) >= 11 is 0. The highest BCUT2D eigenvalue weighted by atomic mass is 16.5. The Kier molecular flexibility index (Phi) is 8.46. The molecule has 0 saturated heterocycles. The minimum Gasteiger partial charge on any atom is -0.384 e. The third-order valence-electron chi connectivity index (χ3n) is 2.54. The van der Waals surface area contributed by atoms with Crippen LogP contribution >= 0.6 is 0 Å². The smallest absolute Gasteiger partial charge is 0.0618 e. The lowest BCUT2D eigenvalue weighted by atomic mass is 9.95. The average molecular weight is 188 g/mol. The summed E-state index contributed by atoms with van der Waals surface area (Å²) in [5, 5.41) is 0. The predicted molar refractivity (Wildman–Crippen MR) is 56.0 cm³/mol. The topological polar surface area (TPSA) is 18.5 Å². The molecule has 0 aliphatic heterocycles. The lowest BCUT2D eigenvalue weighted by Crippen LogP contribution is -2.26. The normalized spacial score (nSPS) is 15.7. The van der Waals surface area contributed by atoms with E-state index in [0.29, 0.717) is 12.0 Å². The molecule has 80 valence electrons. The van der Waals surface area contributed by atoms with Crippen molar-refractivity contribution in [2.45, 2.75) is 45.6 Å². The predicted octanol–water partition coefficient (Wildman–Crippen LogP) is 2.86. The van der Waals surface area contributed by atoms with Gasteiger partial charge in [-0.1, -0.05) is 26.7 Å². The summed E-state index contributed by atoms with van der Waals surface area (Å²) in [6.45, 7) is 5.22. The molecule has 0 aliphatic carbocycles. The van der Waals surface area contributed by atoms with E-state index in [4.69, 9.17) is 9.47 Å². The van der Waals surface area contributed by atoms with E-state index < -0.39 is 0 Å². The van der Waals surface area contributed by atoms with E-state index in [9.17, 15) is 0 Å². The summed E-state index contributed by atoms with van der Waals surface area (Å²) in [5.41, 5.74) is 0. The standard InChI is InChI=1S/C11H24O2/c1-5-7-8-10(9-12-3)11(6-2)13-4/h10-11H,5-9H2,1-4H3. The van der Waals surface area contributed by atoms with E-state index in [1.165, 1.54) is 19.3 Å². The van der Waals surface area contributed by atoms with Crippen molar-refractivity contribution in [1.82, 2.24) is 0 Å². The van der Waals surface area contributed by atoms with Crippen LogP contribution in [0.15, 0.2) is 0 Å². The first-order valence-corrected chi connectivity index (χ1v) is 5.31. The molecule has 0 bridgehead atoms. The van der Waals surface area contributed by atoms with Gasteiger partial charge in [0.1, 0.15) is 0 Å². The quantitative estimate of drug-likeness (QED) is 0.583. The Bertz CT molecular complexity index is 100. The minimum atomic E-state index is 0.367. The molecule has 0 amide bonds. The van der Waals surface area contributed by atoms with Crippen LogP contribution in [0.5, 0.6) is 0 Å². The second-order valence-electron chi connectivity index (χ2n) is 3.54. The number of rotatable bonds is 8. The largest absolute Gasteiger partial charge is 0.384 e. The van der Waals surface area contributed by atoms with Crippen LogP contribution in [0.2, 0.25) is 0 Å². The van der Waals surface area contributed by atoms with Gasteiger partial charge in [0.15, 0.2) is 0 Å². The molecule has 0 saturated carbocycles. The molecule has 2 atom stereocenters. The van der Waals surface area contributed by atoms with Crippen molar-refractivity contribution >= 4 is 0 Å². The van der Waals surface area contributed by atoms with E-state index in [1.54, 1.807) is 14.2 Å². The molecule has 13 heavy (non-hydrogen) atoms. The Labute approximate surface area is 82.6 Å².